The second kappa shape index (κ2) is 6.46. The van der Waals surface area contributed by atoms with E-state index >= 15 is 0 Å². The average Bonchev–Trinajstić information content (AvgIpc) is 3.09. The van der Waals surface area contributed by atoms with Crippen molar-refractivity contribution in [3.8, 4) is 0 Å². The van der Waals surface area contributed by atoms with Gasteiger partial charge in [-0.15, -0.1) is 0 Å². The van der Waals surface area contributed by atoms with Gasteiger partial charge >= 0.3 is 0 Å². The van der Waals surface area contributed by atoms with Crippen LogP contribution in [0, 0.1) is 13.8 Å². The molecule has 1 aliphatic rings. The van der Waals surface area contributed by atoms with E-state index in [1.165, 1.54) is 6.33 Å². The third-order valence-corrected chi connectivity index (χ3v) is 4.50. The summed E-state index contributed by atoms with van der Waals surface area (Å²) in [5.74, 6) is 0.527. The van der Waals surface area contributed by atoms with Gasteiger partial charge in [-0.1, -0.05) is 0 Å². The molecule has 24 heavy (non-hydrogen) atoms. The van der Waals surface area contributed by atoms with E-state index < -0.39 is 0 Å². The van der Waals surface area contributed by atoms with Gasteiger partial charge in [-0.05, 0) is 32.4 Å². The number of nitrogens with one attached hydrogen (secondary N) is 1. The molecule has 3 heterocycles. The number of nitrogens with zero attached hydrogens (tertiary/aromatic N) is 5. The number of carbonyl (C=O) groups excluding carboxylic acids is 1. The number of aromatic nitrogens is 4. The van der Waals surface area contributed by atoms with Gasteiger partial charge in [0.1, 0.15) is 11.9 Å². The molecule has 0 atom stereocenters. The quantitative estimate of drug-likeness (QED) is 0.889. The summed E-state index contributed by atoms with van der Waals surface area (Å²) in [5.41, 5.74) is 1.71. The van der Waals surface area contributed by atoms with Gasteiger partial charge in [0.2, 0.25) is 5.95 Å². The van der Waals surface area contributed by atoms with Crippen molar-refractivity contribution in [3.63, 3.8) is 0 Å². The van der Waals surface area contributed by atoms with Crippen molar-refractivity contribution < 1.29 is 4.79 Å². The Bertz CT molecular complexity index is 788. The Morgan fingerprint density at radius 3 is 2.54 bits per heavy atom. The summed E-state index contributed by atoms with van der Waals surface area (Å²) in [4.78, 5) is 33.4. The van der Waals surface area contributed by atoms with Gasteiger partial charge in [0.25, 0.3) is 11.5 Å². The molecule has 1 amide bonds. The Hall–Kier alpha value is -2.64. The molecular weight excluding hydrogens is 308 g/mol. The number of anilines is 1. The lowest BCUT2D eigenvalue weighted by atomic mass is 10.1. The molecule has 2 aromatic heterocycles. The van der Waals surface area contributed by atoms with Crippen LogP contribution in [0.4, 0.5) is 5.95 Å². The van der Waals surface area contributed by atoms with Crippen LogP contribution in [0.3, 0.4) is 0 Å². The van der Waals surface area contributed by atoms with E-state index in [2.05, 4.69) is 15.2 Å². The van der Waals surface area contributed by atoms with E-state index in [0.717, 1.165) is 11.3 Å². The van der Waals surface area contributed by atoms with Crippen LogP contribution in [0.5, 0.6) is 0 Å². The van der Waals surface area contributed by atoms with E-state index in [-0.39, 0.29) is 17.0 Å². The summed E-state index contributed by atoms with van der Waals surface area (Å²) in [5, 5.41) is 6.68. The lowest BCUT2D eigenvalue weighted by Gasteiger charge is -2.34. The minimum Gasteiger partial charge on any atom is -0.338 e. The first kappa shape index (κ1) is 16.2. The topological polar surface area (TPSA) is 87.1 Å². The molecule has 0 saturated carbocycles. The molecule has 0 radical (unpaired) electrons. The number of piperazine rings is 1. The largest absolute Gasteiger partial charge is 0.338 e. The number of hydrogen-bond acceptors (Lipinski definition) is 5. The van der Waals surface area contributed by atoms with Crippen LogP contribution < -0.4 is 10.5 Å². The van der Waals surface area contributed by atoms with Crippen molar-refractivity contribution >= 4 is 11.9 Å². The lowest BCUT2D eigenvalue weighted by molar-refractivity contribution is 0.0743. The highest BCUT2D eigenvalue weighted by Crippen LogP contribution is 2.14. The third kappa shape index (κ3) is 2.79. The maximum atomic E-state index is 12.9. The predicted octanol–water partition coefficient (Wildman–Crippen LogP) is 0.566. The molecule has 0 bridgehead atoms. The second-order valence-electron chi connectivity index (χ2n) is 5.98. The Morgan fingerprint density at radius 1 is 1.25 bits per heavy atom. The van der Waals surface area contributed by atoms with Crippen LogP contribution in [0.2, 0.25) is 0 Å². The fourth-order valence-corrected chi connectivity index (χ4v) is 3.21. The molecule has 2 aromatic rings. The number of hydrogen-bond donors (Lipinski definition) is 1. The summed E-state index contributed by atoms with van der Waals surface area (Å²) < 4.78 is 1.64. The molecule has 1 saturated heterocycles. The van der Waals surface area contributed by atoms with Gasteiger partial charge < -0.3 is 14.4 Å². The molecule has 8 nitrogen and oxygen atoms in total. The normalized spacial score (nSPS) is 15.0. The second-order valence-corrected chi connectivity index (χ2v) is 5.98. The van der Waals surface area contributed by atoms with Crippen LogP contribution in [-0.2, 0) is 6.54 Å². The lowest BCUT2D eigenvalue weighted by Crippen LogP contribution is -2.50. The molecule has 1 aliphatic heterocycles. The summed E-state index contributed by atoms with van der Waals surface area (Å²) in [6.45, 7) is 8.62. The third-order valence-electron chi connectivity index (χ3n) is 4.50. The molecule has 3 rings (SSSR count). The van der Waals surface area contributed by atoms with Crippen molar-refractivity contribution in [3.05, 3.63) is 39.6 Å². The van der Waals surface area contributed by atoms with E-state index in [0.29, 0.717) is 38.7 Å². The fraction of sp³-hybridized carbons (Fsp3) is 0.500. The first-order chi connectivity index (χ1) is 11.5. The first-order valence-electron chi connectivity index (χ1n) is 8.13. The van der Waals surface area contributed by atoms with E-state index in [9.17, 15) is 9.59 Å². The SMILES string of the molecule is CCn1c(C)cc(C)c(C(=O)N2CCN(c3ncn[nH]3)CC2)c1=O. The van der Waals surface area contributed by atoms with Crippen molar-refractivity contribution in [2.24, 2.45) is 0 Å². The Morgan fingerprint density at radius 2 is 1.96 bits per heavy atom. The summed E-state index contributed by atoms with van der Waals surface area (Å²) in [6.07, 6.45) is 1.47. The number of aryl methyl sites for hydroxylation is 2. The highest BCUT2D eigenvalue weighted by molar-refractivity contribution is 5.95. The van der Waals surface area contributed by atoms with E-state index in [1.54, 1.807) is 9.47 Å². The Kier molecular flexibility index (Phi) is 4.37. The predicted molar refractivity (Wildman–Crippen MR) is 90.3 cm³/mol. The number of pyridine rings is 1. The smallest absolute Gasteiger partial charge is 0.263 e. The maximum absolute atomic E-state index is 12.9. The van der Waals surface area contributed by atoms with E-state index in [4.69, 9.17) is 0 Å². The molecule has 0 aromatic carbocycles. The van der Waals surface area contributed by atoms with Crippen molar-refractivity contribution in [2.45, 2.75) is 27.3 Å². The number of rotatable bonds is 3. The zero-order chi connectivity index (χ0) is 17.3. The zero-order valence-corrected chi connectivity index (χ0v) is 14.2. The molecule has 8 heteroatoms. The fourth-order valence-electron chi connectivity index (χ4n) is 3.21. The van der Waals surface area contributed by atoms with Crippen LogP contribution in [-0.4, -0.2) is 56.7 Å². The molecule has 0 aliphatic carbocycles. The molecular formula is C16H22N6O2. The average molecular weight is 330 g/mol. The van der Waals surface area contributed by atoms with Gasteiger partial charge in [-0.25, -0.2) is 5.10 Å². The van der Waals surface area contributed by atoms with Gasteiger partial charge in [-0.2, -0.15) is 10.1 Å². The van der Waals surface area contributed by atoms with Crippen LogP contribution >= 0.6 is 0 Å². The minimum atomic E-state index is -0.197. The monoisotopic (exact) mass is 330 g/mol. The minimum absolute atomic E-state index is 0.183. The number of carbonyl (C=O) groups is 1. The maximum Gasteiger partial charge on any atom is 0.263 e. The molecule has 0 spiro atoms. The van der Waals surface area contributed by atoms with Gasteiger partial charge in [0.15, 0.2) is 0 Å². The zero-order valence-electron chi connectivity index (χ0n) is 14.2. The van der Waals surface area contributed by atoms with Crippen LogP contribution in [0.15, 0.2) is 17.2 Å². The molecule has 0 unspecified atom stereocenters. The summed E-state index contributed by atoms with van der Waals surface area (Å²) in [7, 11) is 0. The van der Waals surface area contributed by atoms with Gasteiger partial charge in [-0.3, -0.25) is 9.59 Å². The Balaban J connectivity index is 1.80. The van der Waals surface area contributed by atoms with Crippen molar-refractivity contribution in [1.29, 1.82) is 0 Å². The standard InChI is InChI=1S/C16H22N6O2/c1-4-22-12(3)9-11(2)13(15(22)24)14(23)20-5-7-21(8-6-20)16-17-10-18-19-16/h9-10H,4-8H2,1-3H3,(H,17,18,19). The van der Waals surface area contributed by atoms with Crippen LogP contribution in [0.1, 0.15) is 28.5 Å². The molecule has 1 fully saturated rings. The summed E-state index contributed by atoms with van der Waals surface area (Å²) >= 11 is 0. The van der Waals surface area contributed by atoms with E-state index in [1.807, 2.05) is 31.7 Å². The number of H-pyrrole nitrogens is 1. The molecule has 128 valence electrons. The van der Waals surface area contributed by atoms with Gasteiger partial charge in [0, 0.05) is 38.4 Å². The highest BCUT2D eigenvalue weighted by atomic mass is 16.2. The summed E-state index contributed by atoms with van der Waals surface area (Å²) in [6, 6.07) is 1.91. The van der Waals surface area contributed by atoms with Gasteiger partial charge in [0.05, 0.1) is 0 Å². The number of aromatic amines is 1. The Labute approximate surface area is 140 Å². The molecule has 1 N–H and O–H groups in total. The number of amides is 1. The highest BCUT2D eigenvalue weighted by Gasteiger charge is 2.26. The van der Waals surface area contributed by atoms with Crippen molar-refractivity contribution in [2.75, 3.05) is 31.1 Å². The van der Waals surface area contributed by atoms with Crippen LogP contribution in [0.25, 0.3) is 0 Å². The van der Waals surface area contributed by atoms with Crippen molar-refractivity contribution in [1.82, 2.24) is 24.6 Å². The first-order valence-corrected chi connectivity index (χ1v) is 8.13.